The number of ether oxygens (including phenoxy) is 1. The molecule has 0 radical (unpaired) electrons. The Balaban J connectivity index is 2.35. The Labute approximate surface area is 140 Å². The molecule has 0 aromatic heterocycles. The molecule has 1 fully saturated rings. The summed E-state index contributed by atoms with van der Waals surface area (Å²) < 4.78 is 32.2. The van der Waals surface area contributed by atoms with Gasteiger partial charge in [0, 0.05) is 18.7 Å². The van der Waals surface area contributed by atoms with Crippen LogP contribution < -0.4 is 5.32 Å². The highest BCUT2D eigenvalue weighted by Gasteiger charge is 2.29. The Kier molecular flexibility index (Phi) is 5.92. The van der Waals surface area contributed by atoms with Crippen molar-refractivity contribution in [3.63, 3.8) is 0 Å². The Bertz CT molecular complexity index is 725. The highest BCUT2D eigenvalue weighted by Crippen LogP contribution is 2.23. The number of benzene rings is 1. The minimum absolute atomic E-state index is 0.0786. The first-order valence-electron chi connectivity index (χ1n) is 7.57. The van der Waals surface area contributed by atoms with Crippen molar-refractivity contribution in [1.29, 1.82) is 0 Å². The van der Waals surface area contributed by atoms with Crippen molar-refractivity contribution in [3.05, 3.63) is 29.3 Å². The SMILES string of the molecule is CCc1ccc(C(=O)NCC(=O)O)cc1S(=O)(=O)N1CCOCC1. The van der Waals surface area contributed by atoms with Crippen LogP contribution >= 0.6 is 0 Å². The topological polar surface area (TPSA) is 113 Å². The first kappa shape index (κ1) is 18.4. The van der Waals surface area contributed by atoms with Crippen molar-refractivity contribution in [2.45, 2.75) is 18.2 Å². The van der Waals surface area contributed by atoms with Crippen molar-refractivity contribution in [2.75, 3.05) is 32.8 Å². The number of aliphatic carboxylic acids is 1. The molecule has 1 aliphatic heterocycles. The number of nitrogens with one attached hydrogen (secondary N) is 1. The molecular formula is C15H20N2O6S. The Morgan fingerprint density at radius 1 is 1.29 bits per heavy atom. The van der Waals surface area contributed by atoms with Gasteiger partial charge in [-0.3, -0.25) is 9.59 Å². The first-order chi connectivity index (χ1) is 11.4. The number of nitrogens with zero attached hydrogens (tertiary/aromatic N) is 1. The van der Waals surface area contributed by atoms with Crippen LogP contribution in [0.2, 0.25) is 0 Å². The molecule has 24 heavy (non-hydrogen) atoms. The number of amides is 1. The zero-order valence-corrected chi connectivity index (χ0v) is 14.1. The number of hydrogen-bond acceptors (Lipinski definition) is 5. The van der Waals surface area contributed by atoms with Crippen LogP contribution in [0, 0.1) is 0 Å². The average molecular weight is 356 g/mol. The van der Waals surface area contributed by atoms with Crippen LogP contribution in [0.15, 0.2) is 23.1 Å². The number of rotatable bonds is 6. The molecule has 0 atom stereocenters. The molecule has 0 saturated carbocycles. The van der Waals surface area contributed by atoms with E-state index in [0.717, 1.165) is 0 Å². The molecule has 0 unspecified atom stereocenters. The molecule has 1 aliphatic rings. The highest BCUT2D eigenvalue weighted by molar-refractivity contribution is 7.89. The molecule has 0 spiro atoms. The maximum atomic E-state index is 12.9. The second kappa shape index (κ2) is 7.73. The minimum atomic E-state index is -3.74. The zero-order chi connectivity index (χ0) is 17.7. The van der Waals surface area contributed by atoms with Gasteiger partial charge in [0.05, 0.1) is 18.1 Å². The normalized spacial score (nSPS) is 15.9. The number of hydrogen-bond donors (Lipinski definition) is 2. The quantitative estimate of drug-likeness (QED) is 0.747. The second-order valence-corrected chi connectivity index (χ2v) is 7.18. The minimum Gasteiger partial charge on any atom is -0.480 e. The molecule has 9 heteroatoms. The van der Waals surface area contributed by atoms with Crippen LogP contribution in [0.3, 0.4) is 0 Å². The summed E-state index contributed by atoms with van der Waals surface area (Å²) in [6.45, 7) is 2.50. The largest absolute Gasteiger partial charge is 0.480 e. The van der Waals surface area contributed by atoms with Gasteiger partial charge in [0.1, 0.15) is 6.54 Å². The van der Waals surface area contributed by atoms with Crippen LogP contribution in [0.1, 0.15) is 22.8 Å². The van der Waals surface area contributed by atoms with Crippen molar-refractivity contribution in [3.8, 4) is 0 Å². The van der Waals surface area contributed by atoms with Crippen LogP contribution in [-0.4, -0.2) is 62.6 Å². The fourth-order valence-corrected chi connectivity index (χ4v) is 4.14. The van der Waals surface area contributed by atoms with E-state index in [4.69, 9.17) is 9.84 Å². The lowest BCUT2D eigenvalue weighted by Gasteiger charge is -2.27. The van der Waals surface area contributed by atoms with Crippen LogP contribution in [0.25, 0.3) is 0 Å². The molecule has 1 heterocycles. The predicted molar refractivity (Wildman–Crippen MR) is 85.4 cm³/mol. The number of aryl methyl sites for hydroxylation is 1. The van der Waals surface area contributed by atoms with E-state index < -0.39 is 28.4 Å². The van der Waals surface area contributed by atoms with Gasteiger partial charge in [0.25, 0.3) is 5.91 Å². The molecule has 8 nitrogen and oxygen atoms in total. The summed E-state index contributed by atoms with van der Waals surface area (Å²) in [5.41, 5.74) is 0.719. The standard InChI is InChI=1S/C15H20N2O6S/c1-2-11-3-4-12(15(20)16-10-14(18)19)9-13(11)24(21,22)17-5-7-23-8-6-17/h3-4,9H,2,5-8,10H2,1H3,(H,16,20)(H,18,19). The van der Waals surface area contributed by atoms with Crippen LogP contribution in [0.4, 0.5) is 0 Å². The van der Waals surface area contributed by atoms with Gasteiger partial charge < -0.3 is 15.2 Å². The third-order valence-electron chi connectivity index (χ3n) is 3.70. The summed E-state index contributed by atoms with van der Waals surface area (Å²) in [6.07, 6.45) is 0.496. The third-order valence-corrected chi connectivity index (χ3v) is 5.68. The van der Waals surface area contributed by atoms with E-state index in [0.29, 0.717) is 25.2 Å². The van der Waals surface area contributed by atoms with E-state index in [1.54, 1.807) is 6.07 Å². The lowest BCUT2D eigenvalue weighted by Crippen LogP contribution is -2.41. The Morgan fingerprint density at radius 3 is 2.54 bits per heavy atom. The van der Waals surface area contributed by atoms with Crippen molar-refractivity contribution in [2.24, 2.45) is 0 Å². The average Bonchev–Trinajstić information content (AvgIpc) is 2.59. The molecule has 1 amide bonds. The van der Waals surface area contributed by atoms with Gasteiger partial charge in [-0.1, -0.05) is 13.0 Å². The monoisotopic (exact) mass is 356 g/mol. The number of sulfonamides is 1. The van der Waals surface area contributed by atoms with Crippen LogP contribution in [0.5, 0.6) is 0 Å². The van der Waals surface area contributed by atoms with Gasteiger partial charge in [-0.2, -0.15) is 4.31 Å². The molecule has 2 rings (SSSR count). The van der Waals surface area contributed by atoms with Gasteiger partial charge in [0.2, 0.25) is 10.0 Å². The van der Waals surface area contributed by atoms with Crippen molar-refractivity contribution >= 4 is 21.9 Å². The Hall–Kier alpha value is -1.97. The first-order valence-corrected chi connectivity index (χ1v) is 9.01. The summed E-state index contributed by atoms with van der Waals surface area (Å²) in [4.78, 5) is 22.6. The number of morpholine rings is 1. The maximum Gasteiger partial charge on any atom is 0.322 e. The van der Waals surface area contributed by atoms with E-state index in [1.165, 1.54) is 16.4 Å². The maximum absolute atomic E-state index is 12.9. The van der Waals surface area contributed by atoms with Gasteiger partial charge in [-0.15, -0.1) is 0 Å². The van der Waals surface area contributed by atoms with E-state index in [9.17, 15) is 18.0 Å². The van der Waals surface area contributed by atoms with E-state index in [1.807, 2.05) is 6.92 Å². The lowest BCUT2D eigenvalue weighted by atomic mass is 10.1. The molecule has 0 bridgehead atoms. The molecule has 132 valence electrons. The summed E-state index contributed by atoms with van der Waals surface area (Å²) in [5.74, 6) is -1.80. The fraction of sp³-hybridized carbons (Fsp3) is 0.467. The molecule has 2 N–H and O–H groups in total. The predicted octanol–water partition coefficient (Wildman–Crippen LogP) is 0.0843. The zero-order valence-electron chi connectivity index (χ0n) is 13.3. The molecule has 0 aliphatic carbocycles. The molecule has 1 aromatic rings. The highest BCUT2D eigenvalue weighted by atomic mass is 32.2. The fourth-order valence-electron chi connectivity index (χ4n) is 2.41. The summed E-state index contributed by atoms with van der Waals surface area (Å²) in [6, 6.07) is 4.39. The van der Waals surface area contributed by atoms with Gasteiger partial charge in [-0.25, -0.2) is 8.42 Å². The summed E-state index contributed by atoms with van der Waals surface area (Å²) >= 11 is 0. The number of carbonyl (C=O) groups is 2. The van der Waals surface area contributed by atoms with Crippen molar-refractivity contribution < 1.29 is 27.9 Å². The van der Waals surface area contributed by atoms with Gasteiger partial charge in [-0.05, 0) is 24.1 Å². The number of carbonyl (C=O) groups excluding carboxylic acids is 1. The van der Waals surface area contributed by atoms with Crippen LogP contribution in [-0.2, 0) is 26.0 Å². The third kappa shape index (κ3) is 4.11. The van der Waals surface area contributed by atoms with Gasteiger partial charge in [0.15, 0.2) is 0 Å². The van der Waals surface area contributed by atoms with E-state index in [-0.39, 0.29) is 23.5 Å². The van der Waals surface area contributed by atoms with E-state index in [2.05, 4.69) is 5.32 Å². The summed E-state index contributed by atoms with van der Waals surface area (Å²) in [5, 5.41) is 10.8. The number of carboxylic acids is 1. The van der Waals surface area contributed by atoms with Gasteiger partial charge >= 0.3 is 5.97 Å². The summed E-state index contributed by atoms with van der Waals surface area (Å²) in [7, 11) is -3.74. The Morgan fingerprint density at radius 2 is 1.96 bits per heavy atom. The number of carboxylic acid groups (broad SMARTS) is 1. The van der Waals surface area contributed by atoms with E-state index >= 15 is 0 Å². The van der Waals surface area contributed by atoms with Crippen molar-refractivity contribution in [1.82, 2.24) is 9.62 Å². The smallest absolute Gasteiger partial charge is 0.322 e. The lowest BCUT2D eigenvalue weighted by molar-refractivity contribution is -0.135. The molecular weight excluding hydrogens is 336 g/mol. The second-order valence-electron chi connectivity index (χ2n) is 5.27. The molecule has 1 saturated heterocycles. The molecule has 1 aromatic carbocycles.